The van der Waals surface area contributed by atoms with Crippen LogP contribution in [-0.4, -0.2) is 36.9 Å². The third-order valence-corrected chi connectivity index (χ3v) is 3.68. The van der Waals surface area contributed by atoms with Gasteiger partial charge in [0.1, 0.15) is 5.56 Å². The van der Waals surface area contributed by atoms with Gasteiger partial charge >= 0.3 is 5.97 Å². The number of aromatic hydroxyl groups is 1. The number of benzene rings is 1. The average Bonchev–Trinajstić information content (AvgIpc) is 2.47. The van der Waals surface area contributed by atoms with E-state index < -0.39 is 18.1 Å². The number of fused-ring (bicyclic) bond motifs is 1. The van der Waals surface area contributed by atoms with Crippen molar-refractivity contribution in [2.45, 2.75) is 13.2 Å². The molecule has 0 aliphatic heterocycles. The number of pyridine rings is 1. The molecule has 6 nitrogen and oxygen atoms in total. The van der Waals surface area contributed by atoms with E-state index in [4.69, 9.17) is 37.4 Å². The summed E-state index contributed by atoms with van der Waals surface area (Å²) in [5.74, 6) is -1.26. The van der Waals surface area contributed by atoms with Crippen molar-refractivity contribution in [2.75, 3.05) is 20.8 Å². The Bertz CT molecular complexity index is 746. The van der Waals surface area contributed by atoms with Crippen molar-refractivity contribution in [1.82, 2.24) is 4.98 Å². The molecule has 1 aromatic carbocycles. The predicted molar refractivity (Wildman–Crippen MR) is 86.1 cm³/mol. The summed E-state index contributed by atoms with van der Waals surface area (Å²) in [6.45, 7) is 1.79. The monoisotopic (exact) mass is 359 g/mol. The molecule has 0 atom stereocenters. The first-order chi connectivity index (χ1) is 10.9. The molecule has 0 saturated carbocycles. The highest BCUT2D eigenvalue weighted by Gasteiger charge is 2.29. The number of hydrogen-bond donors (Lipinski definition) is 1. The van der Waals surface area contributed by atoms with Gasteiger partial charge < -0.3 is 19.3 Å². The Labute approximate surface area is 142 Å². The molecule has 2 aromatic rings. The van der Waals surface area contributed by atoms with Gasteiger partial charge in [0, 0.05) is 30.2 Å². The van der Waals surface area contributed by atoms with E-state index in [1.165, 1.54) is 26.4 Å². The zero-order valence-corrected chi connectivity index (χ0v) is 14.2. The number of halogens is 2. The molecule has 0 unspecified atom stereocenters. The van der Waals surface area contributed by atoms with Gasteiger partial charge in [-0.2, -0.15) is 0 Å². The van der Waals surface area contributed by atoms with Gasteiger partial charge in [-0.3, -0.25) is 0 Å². The SMILES string of the molecule is CCOC(=O)c1c(O)nc2cc(Cl)cc(Cl)c2c1C(OC)OC. The summed E-state index contributed by atoms with van der Waals surface area (Å²) in [5.41, 5.74) is 0.386. The van der Waals surface area contributed by atoms with Crippen molar-refractivity contribution < 1.29 is 24.1 Å². The Morgan fingerprint density at radius 1 is 1.30 bits per heavy atom. The molecule has 0 fully saturated rings. The molecule has 0 bridgehead atoms. The zero-order chi connectivity index (χ0) is 17.1. The lowest BCUT2D eigenvalue weighted by atomic mass is 10.0. The minimum atomic E-state index is -0.954. The van der Waals surface area contributed by atoms with Crippen molar-refractivity contribution >= 4 is 40.1 Å². The highest BCUT2D eigenvalue weighted by molar-refractivity contribution is 6.39. The molecule has 0 amide bonds. The van der Waals surface area contributed by atoms with Crippen LogP contribution in [0.2, 0.25) is 10.0 Å². The molecule has 0 radical (unpaired) electrons. The molecule has 0 aliphatic rings. The smallest absolute Gasteiger partial charge is 0.344 e. The summed E-state index contributed by atoms with van der Waals surface area (Å²) >= 11 is 12.2. The third-order valence-electron chi connectivity index (χ3n) is 3.17. The first kappa shape index (κ1) is 17.7. The van der Waals surface area contributed by atoms with Gasteiger partial charge in [0.2, 0.25) is 5.88 Å². The fourth-order valence-corrected chi connectivity index (χ4v) is 2.89. The van der Waals surface area contributed by atoms with Crippen LogP contribution in [0.25, 0.3) is 10.9 Å². The fourth-order valence-electron chi connectivity index (χ4n) is 2.30. The summed E-state index contributed by atoms with van der Waals surface area (Å²) in [6, 6.07) is 3.02. The Morgan fingerprint density at radius 2 is 1.96 bits per heavy atom. The lowest BCUT2D eigenvalue weighted by Gasteiger charge is -2.20. The minimum Gasteiger partial charge on any atom is -0.493 e. The topological polar surface area (TPSA) is 77.9 Å². The van der Waals surface area contributed by atoms with Crippen LogP contribution in [0.5, 0.6) is 5.88 Å². The summed E-state index contributed by atoms with van der Waals surface area (Å²) in [4.78, 5) is 16.2. The largest absolute Gasteiger partial charge is 0.493 e. The van der Waals surface area contributed by atoms with E-state index in [0.717, 1.165) is 0 Å². The van der Waals surface area contributed by atoms with Crippen LogP contribution < -0.4 is 0 Å². The maximum absolute atomic E-state index is 12.2. The molecule has 0 aliphatic carbocycles. The standard InChI is InChI=1S/C15H15Cl2NO5/c1-4-23-14(20)12-11(15(21-2)22-3)10-8(17)5-7(16)6-9(10)18-13(12)19/h5-6,15H,4H2,1-3H3,(H,18,19). The van der Waals surface area contributed by atoms with E-state index in [9.17, 15) is 9.90 Å². The van der Waals surface area contributed by atoms with Crippen LogP contribution in [0.1, 0.15) is 29.1 Å². The van der Waals surface area contributed by atoms with Crippen LogP contribution in [0, 0.1) is 0 Å². The van der Waals surface area contributed by atoms with Gasteiger partial charge in [0.25, 0.3) is 0 Å². The number of carbonyl (C=O) groups excluding carboxylic acids is 1. The molecule has 1 N–H and O–H groups in total. The highest BCUT2D eigenvalue weighted by Crippen LogP contribution is 2.39. The number of hydrogen-bond acceptors (Lipinski definition) is 6. The molecular weight excluding hydrogens is 345 g/mol. The van der Waals surface area contributed by atoms with Crippen LogP contribution in [0.4, 0.5) is 0 Å². The predicted octanol–water partition coefficient (Wildman–Crippen LogP) is 3.72. The van der Waals surface area contributed by atoms with Crippen LogP contribution in [0.3, 0.4) is 0 Å². The fraction of sp³-hybridized carbons (Fsp3) is 0.333. The summed E-state index contributed by atoms with van der Waals surface area (Å²) < 4.78 is 15.5. The first-order valence-corrected chi connectivity index (χ1v) is 7.44. The molecule has 8 heteroatoms. The van der Waals surface area contributed by atoms with Crippen LogP contribution in [-0.2, 0) is 14.2 Å². The van der Waals surface area contributed by atoms with E-state index in [1.54, 1.807) is 6.92 Å². The Morgan fingerprint density at radius 3 is 2.52 bits per heavy atom. The molecule has 0 spiro atoms. The van der Waals surface area contributed by atoms with Gasteiger partial charge in [-0.05, 0) is 19.1 Å². The molecule has 23 heavy (non-hydrogen) atoms. The van der Waals surface area contributed by atoms with Gasteiger partial charge in [0.15, 0.2) is 6.29 Å². The van der Waals surface area contributed by atoms with Gasteiger partial charge in [-0.25, -0.2) is 9.78 Å². The number of carbonyl (C=O) groups is 1. The van der Waals surface area contributed by atoms with Crippen molar-refractivity contribution in [1.29, 1.82) is 0 Å². The van der Waals surface area contributed by atoms with E-state index >= 15 is 0 Å². The second-order valence-corrected chi connectivity index (χ2v) is 5.37. The van der Waals surface area contributed by atoms with E-state index in [-0.39, 0.29) is 22.8 Å². The number of esters is 1. The normalized spacial score (nSPS) is 11.2. The van der Waals surface area contributed by atoms with E-state index in [0.29, 0.717) is 15.9 Å². The zero-order valence-electron chi connectivity index (χ0n) is 12.7. The Hall–Kier alpha value is -1.60. The maximum atomic E-state index is 12.2. The number of rotatable bonds is 5. The molecule has 1 aromatic heterocycles. The molecule has 124 valence electrons. The van der Waals surface area contributed by atoms with Crippen molar-refractivity contribution in [3.63, 3.8) is 0 Å². The average molecular weight is 360 g/mol. The summed E-state index contributed by atoms with van der Waals surface area (Å²) in [5, 5.41) is 11.2. The number of methoxy groups -OCH3 is 2. The van der Waals surface area contributed by atoms with Crippen LogP contribution in [0.15, 0.2) is 12.1 Å². The van der Waals surface area contributed by atoms with Gasteiger partial charge in [-0.15, -0.1) is 0 Å². The highest BCUT2D eigenvalue weighted by atomic mass is 35.5. The second kappa shape index (κ2) is 7.31. The van der Waals surface area contributed by atoms with E-state index in [1.807, 2.05) is 0 Å². The molecular formula is C15H15Cl2NO5. The second-order valence-electron chi connectivity index (χ2n) is 4.53. The summed E-state index contributed by atoms with van der Waals surface area (Å²) in [7, 11) is 2.80. The minimum absolute atomic E-state index is 0.134. The Balaban J connectivity index is 2.91. The lowest BCUT2D eigenvalue weighted by Crippen LogP contribution is -2.15. The van der Waals surface area contributed by atoms with Crippen LogP contribution >= 0.6 is 23.2 Å². The first-order valence-electron chi connectivity index (χ1n) is 6.68. The van der Waals surface area contributed by atoms with E-state index in [2.05, 4.69) is 4.98 Å². The van der Waals surface area contributed by atoms with Crippen molar-refractivity contribution in [3.8, 4) is 5.88 Å². The van der Waals surface area contributed by atoms with Gasteiger partial charge in [-0.1, -0.05) is 23.2 Å². The number of aromatic nitrogens is 1. The summed E-state index contributed by atoms with van der Waals surface area (Å²) in [6.07, 6.45) is -0.954. The lowest BCUT2D eigenvalue weighted by molar-refractivity contribution is -0.105. The maximum Gasteiger partial charge on any atom is 0.344 e. The number of ether oxygens (including phenoxy) is 3. The quantitative estimate of drug-likeness (QED) is 0.647. The molecule has 2 rings (SSSR count). The molecule has 1 heterocycles. The van der Waals surface area contributed by atoms with Gasteiger partial charge in [0.05, 0.1) is 17.1 Å². The number of nitrogens with zero attached hydrogens (tertiary/aromatic N) is 1. The molecule has 0 saturated heterocycles. The Kier molecular flexibility index (Phi) is 5.64. The third kappa shape index (κ3) is 3.35. The van der Waals surface area contributed by atoms with Crippen molar-refractivity contribution in [2.24, 2.45) is 0 Å². The van der Waals surface area contributed by atoms with Crippen molar-refractivity contribution in [3.05, 3.63) is 33.3 Å².